The van der Waals surface area contributed by atoms with E-state index in [-0.39, 0.29) is 5.82 Å². The van der Waals surface area contributed by atoms with E-state index in [0.717, 1.165) is 16.9 Å². The van der Waals surface area contributed by atoms with Crippen molar-refractivity contribution in [2.24, 2.45) is 0 Å². The molecular weight excluding hydrogens is 299 g/mol. The molecule has 0 atom stereocenters. The standard InChI is InChI=1S/C17H15FN2OS/c1-2-12-3-5-13(6-4-12)17-19-16(21-20-17)11-22-15-9-7-14(18)8-10-15/h3-10H,2,11H2,1H3. The summed E-state index contributed by atoms with van der Waals surface area (Å²) >= 11 is 1.53. The lowest BCUT2D eigenvalue weighted by Crippen LogP contribution is -1.84. The SMILES string of the molecule is CCc1ccc(-c2noc(CSc3ccc(F)cc3)n2)cc1. The van der Waals surface area contributed by atoms with Crippen LogP contribution in [0.1, 0.15) is 18.4 Å². The normalized spacial score (nSPS) is 10.8. The predicted molar refractivity (Wildman–Crippen MR) is 85.1 cm³/mol. The van der Waals surface area contributed by atoms with E-state index in [2.05, 4.69) is 29.2 Å². The van der Waals surface area contributed by atoms with Crippen molar-refractivity contribution in [1.29, 1.82) is 0 Å². The molecule has 22 heavy (non-hydrogen) atoms. The number of rotatable bonds is 5. The molecule has 0 aliphatic carbocycles. The number of aryl methyl sites for hydroxylation is 1. The molecule has 0 N–H and O–H groups in total. The van der Waals surface area contributed by atoms with Gasteiger partial charge in [0.25, 0.3) is 0 Å². The van der Waals surface area contributed by atoms with Crippen LogP contribution < -0.4 is 0 Å². The van der Waals surface area contributed by atoms with Crippen molar-refractivity contribution < 1.29 is 8.91 Å². The molecule has 3 rings (SSSR count). The van der Waals surface area contributed by atoms with E-state index < -0.39 is 0 Å². The van der Waals surface area contributed by atoms with E-state index in [4.69, 9.17) is 4.52 Å². The van der Waals surface area contributed by atoms with Crippen LogP contribution in [0.4, 0.5) is 4.39 Å². The summed E-state index contributed by atoms with van der Waals surface area (Å²) in [5.41, 5.74) is 2.22. The molecule has 2 aromatic carbocycles. The smallest absolute Gasteiger partial charge is 0.237 e. The molecule has 0 fully saturated rings. The van der Waals surface area contributed by atoms with Crippen molar-refractivity contribution in [2.75, 3.05) is 0 Å². The molecule has 0 aliphatic heterocycles. The van der Waals surface area contributed by atoms with Crippen LogP contribution in [0.5, 0.6) is 0 Å². The fraction of sp³-hybridized carbons (Fsp3) is 0.176. The minimum atomic E-state index is -0.236. The zero-order valence-corrected chi connectivity index (χ0v) is 12.9. The van der Waals surface area contributed by atoms with E-state index in [1.807, 2.05) is 12.1 Å². The molecule has 0 bridgehead atoms. The van der Waals surface area contributed by atoms with E-state index >= 15 is 0 Å². The minimum Gasteiger partial charge on any atom is -0.338 e. The van der Waals surface area contributed by atoms with Crippen LogP contribution in [-0.4, -0.2) is 10.1 Å². The van der Waals surface area contributed by atoms with E-state index in [0.29, 0.717) is 17.5 Å². The summed E-state index contributed by atoms with van der Waals surface area (Å²) in [6, 6.07) is 14.5. The number of halogens is 1. The van der Waals surface area contributed by atoms with Gasteiger partial charge in [-0.3, -0.25) is 0 Å². The van der Waals surface area contributed by atoms with Gasteiger partial charge >= 0.3 is 0 Å². The molecule has 0 radical (unpaired) electrons. The third-order valence-electron chi connectivity index (χ3n) is 3.26. The van der Waals surface area contributed by atoms with E-state index in [9.17, 15) is 4.39 Å². The third kappa shape index (κ3) is 3.54. The summed E-state index contributed by atoms with van der Waals surface area (Å²) in [5, 5.41) is 4.01. The van der Waals surface area contributed by atoms with Crippen molar-refractivity contribution in [3.63, 3.8) is 0 Å². The van der Waals surface area contributed by atoms with Crippen LogP contribution in [0.2, 0.25) is 0 Å². The maximum Gasteiger partial charge on any atom is 0.237 e. The Hall–Kier alpha value is -2.14. The molecular formula is C17H15FN2OS. The highest BCUT2D eigenvalue weighted by Crippen LogP contribution is 2.24. The summed E-state index contributed by atoms with van der Waals surface area (Å²) in [5.74, 6) is 1.48. The van der Waals surface area contributed by atoms with Gasteiger partial charge in [0.15, 0.2) is 0 Å². The Balaban J connectivity index is 1.66. The number of aromatic nitrogens is 2. The average molecular weight is 314 g/mol. The lowest BCUT2D eigenvalue weighted by Gasteiger charge is -1.98. The van der Waals surface area contributed by atoms with Crippen LogP contribution >= 0.6 is 11.8 Å². The minimum absolute atomic E-state index is 0.236. The molecule has 0 unspecified atom stereocenters. The van der Waals surface area contributed by atoms with Crippen LogP contribution in [0.25, 0.3) is 11.4 Å². The van der Waals surface area contributed by atoms with Gasteiger partial charge in [-0.15, -0.1) is 11.8 Å². The fourth-order valence-corrected chi connectivity index (χ4v) is 2.73. The maximum atomic E-state index is 12.8. The van der Waals surface area contributed by atoms with Gasteiger partial charge in [0.2, 0.25) is 11.7 Å². The van der Waals surface area contributed by atoms with Gasteiger partial charge in [-0.2, -0.15) is 4.98 Å². The predicted octanol–water partition coefficient (Wildman–Crippen LogP) is 4.73. The average Bonchev–Trinajstić information content (AvgIpc) is 3.03. The molecule has 5 heteroatoms. The lowest BCUT2D eigenvalue weighted by molar-refractivity contribution is 0.391. The second-order valence-electron chi connectivity index (χ2n) is 4.80. The Morgan fingerprint density at radius 1 is 1.05 bits per heavy atom. The largest absolute Gasteiger partial charge is 0.338 e. The summed E-state index contributed by atoms with van der Waals surface area (Å²) in [4.78, 5) is 5.36. The number of hydrogen-bond donors (Lipinski definition) is 0. The third-order valence-corrected chi connectivity index (χ3v) is 4.26. The number of hydrogen-bond acceptors (Lipinski definition) is 4. The van der Waals surface area contributed by atoms with Gasteiger partial charge in [0.05, 0.1) is 5.75 Å². The first kappa shape index (κ1) is 14.8. The molecule has 0 amide bonds. The van der Waals surface area contributed by atoms with E-state index in [1.54, 1.807) is 12.1 Å². The summed E-state index contributed by atoms with van der Waals surface area (Å²) in [6.45, 7) is 2.12. The molecule has 1 heterocycles. The highest BCUT2D eigenvalue weighted by Gasteiger charge is 2.09. The number of thioether (sulfide) groups is 1. The van der Waals surface area contributed by atoms with Crippen LogP contribution in [0, 0.1) is 5.82 Å². The lowest BCUT2D eigenvalue weighted by atomic mass is 10.1. The summed E-state index contributed by atoms with van der Waals surface area (Å²) in [6.07, 6.45) is 1.01. The molecule has 112 valence electrons. The Labute approximate surface area is 132 Å². The number of nitrogens with zero attached hydrogens (tertiary/aromatic N) is 2. The molecule has 1 aromatic heterocycles. The van der Waals surface area contributed by atoms with Gasteiger partial charge in [0, 0.05) is 10.5 Å². The van der Waals surface area contributed by atoms with Crippen molar-refractivity contribution >= 4 is 11.8 Å². The first-order valence-corrected chi connectivity index (χ1v) is 8.03. The zero-order valence-electron chi connectivity index (χ0n) is 12.1. The summed E-state index contributed by atoms with van der Waals surface area (Å²) in [7, 11) is 0. The number of benzene rings is 2. The molecule has 0 aliphatic rings. The molecule has 3 nitrogen and oxygen atoms in total. The first-order chi connectivity index (χ1) is 10.7. The Morgan fingerprint density at radius 2 is 1.77 bits per heavy atom. The van der Waals surface area contributed by atoms with Crippen molar-refractivity contribution in [3.8, 4) is 11.4 Å². The Bertz CT molecular complexity index is 738. The maximum absolute atomic E-state index is 12.8. The van der Waals surface area contributed by atoms with Crippen molar-refractivity contribution in [2.45, 2.75) is 24.0 Å². The second-order valence-corrected chi connectivity index (χ2v) is 5.85. The fourth-order valence-electron chi connectivity index (χ4n) is 2.00. The van der Waals surface area contributed by atoms with Gasteiger partial charge in [-0.05, 0) is 36.2 Å². The monoisotopic (exact) mass is 314 g/mol. The first-order valence-electron chi connectivity index (χ1n) is 7.05. The summed E-state index contributed by atoms with van der Waals surface area (Å²) < 4.78 is 18.1. The van der Waals surface area contributed by atoms with Gasteiger partial charge in [-0.1, -0.05) is 36.3 Å². The quantitative estimate of drug-likeness (QED) is 0.638. The Morgan fingerprint density at radius 3 is 2.45 bits per heavy atom. The highest BCUT2D eigenvalue weighted by molar-refractivity contribution is 7.98. The van der Waals surface area contributed by atoms with Gasteiger partial charge < -0.3 is 4.52 Å². The van der Waals surface area contributed by atoms with Crippen LogP contribution in [0.3, 0.4) is 0 Å². The molecule has 0 spiro atoms. The van der Waals surface area contributed by atoms with Gasteiger partial charge in [0.1, 0.15) is 5.82 Å². The Kier molecular flexibility index (Phi) is 4.53. The molecule has 3 aromatic rings. The zero-order chi connectivity index (χ0) is 15.4. The highest BCUT2D eigenvalue weighted by atomic mass is 32.2. The van der Waals surface area contributed by atoms with Crippen LogP contribution in [0.15, 0.2) is 57.9 Å². The second kappa shape index (κ2) is 6.75. The van der Waals surface area contributed by atoms with Crippen molar-refractivity contribution in [1.82, 2.24) is 10.1 Å². The van der Waals surface area contributed by atoms with Crippen LogP contribution in [-0.2, 0) is 12.2 Å². The molecule has 0 saturated heterocycles. The molecule has 0 saturated carbocycles. The topological polar surface area (TPSA) is 38.9 Å². The van der Waals surface area contributed by atoms with Gasteiger partial charge in [-0.25, -0.2) is 4.39 Å². The van der Waals surface area contributed by atoms with Crippen molar-refractivity contribution in [3.05, 3.63) is 65.8 Å². The van der Waals surface area contributed by atoms with E-state index in [1.165, 1.54) is 29.5 Å².